The van der Waals surface area contributed by atoms with Gasteiger partial charge in [-0.25, -0.2) is 4.79 Å². The van der Waals surface area contributed by atoms with Crippen LogP contribution in [0.5, 0.6) is 5.75 Å². The topological polar surface area (TPSA) is 75.6 Å². The number of carbonyl (C=O) groups excluding carboxylic acids is 1. The van der Waals surface area contributed by atoms with Gasteiger partial charge in [-0.2, -0.15) is 0 Å². The molecule has 0 fully saturated rings. The molecule has 0 bridgehead atoms. The second-order valence-electron chi connectivity index (χ2n) is 6.32. The number of carboxylic acid groups (broad SMARTS) is 1. The van der Waals surface area contributed by atoms with E-state index >= 15 is 0 Å². The molecule has 0 aliphatic carbocycles. The molecule has 2 aromatic carbocycles. The number of amides is 1. The minimum absolute atomic E-state index is 0.00324. The number of carbonyl (C=O) groups is 2. The van der Waals surface area contributed by atoms with Gasteiger partial charge in [0.25, 0.3) is 5.91 Å². The van der Waals surface area contributed by atoms with E-state index in [1.807, 2.05) is 37.7 Å². The molecule has 0 aromatic heterocycles. The molecule has 0 saturated heterocycles. The van der Waals surface area contributed by atoms with Gasteiger partial charge in [0.1, 0.15) is 5.75 Å². The third-order valence-electron chi connectivity index (χ3n) is 4.33. The maximum Gasteiger partial charge on any atom is 0.341 e. The first-order chi connectivity index (χ1) is 12.5. The van der Waals surface area contributed by atoms with Crippen LogP contribution in [0.25, 0.3) is 0 Å². The fourth-order valence-electron chi connectivity index (χ4n) is 3.18. The number of aryl methyl sites for hydroxylation is 2. The third-order valence-corrected chi connectivity index (χ3v) is 5.45. The van der Waals surface area contributed by atoms with Crippen molar-refractivity contribution in [3.8, 4) is 5.75 Å². The maximum atomic E-state index is 12.8. The molecule has 0 spiro atoms. The number of benzene rings is 2. The lowest BCUT2D eigenvalue weighted by molar-refractivity contribution is -0.139. The van der Waals surface area contributed by atoms with Crippen molar-refractivity contribution >= 4 is 23.6 Å². The van der Waals surface area contributed by atoms with Crippen LogP contribution in [-0.4, -0.2) is 29.3 Å². The average molecular weight is 371 g/mol. The minimum atomic E-state index is -1.03. The molecule has 1 unspecified atom stereocenters. The molecular formula is C20H21NO4S. The van der Waals surface area contributed by atoms with Crippen molar-refractivity contribution in [2.45, 2.75) is 31.2 Å². The standard InChI is InChI=1S/C20H21NO4S/c1-12-9-14(10-13(2)19(12)25-11-18(22)23)20(24)21-16-7-8-26-17-6-4-3-5-15(16)17/h3-6,9-10,16H,7-8,11H2,1-2H3,(H,21,24)(H,22,23). The summed E-state index contributed by atoms with van der Waals surface area (Å²) in [7, 11) is 0. The predicted molar refractivity (Wildman–Crippen MR) is 101 cm³/mol. The predicted octanol–water partition coefficient (Wildman–Crippen LogP) is 3.73. The van der Waals surface area contributed by atoms with Gasteiger partial charge in [-0.15, -0.1) is 11.8 Å². The van der Waals surface area contributed by atoms with Gasteiger partial charge < -0.3 is 15.2 Å². The molecule has 136 valence electrons. The minimum Gasteiger partial charge on any atom is -0.481 e. The van der Waals surface area contributed by atoms with Crippen molar-refractivity contribution in [1.82, 2.24) is 5.32 Å². The summed E-state index contributed by atoms with van der Waals surface area (Å²) in [6.45, 7) is 3.23. The second-order valence-corrected chi connectivity index (χ2v) is 7.46. The molecular weight excluding hydrogens is 350 g/mol. The fourth-order valence-corrected chi connectivity index (χ4v) is 4.30. The van der Waals surface area contributed by atoms with Crippen molar-refractivity contribution < 1.29 is 19.4 Å². The number of fused-ring (bicyclic) bond motifs is 1. The summed E-state index contributed by atoms with van der Waals surface area (Å²) in [6.07, 6.45) is 0.894. The van der Waals surface area contributed by atoms with E-state index in [1.54, 1.807) is 12.1 Å². The molecule has 1 amide bonds. The highest BCUT2D eigenvalue weighted by Gasteiger charge is 2.23. The summed E-state index contributed by atoms with van der Waals surface area (Å²) < 4.78 is 5.33. The summed E-state index contributed by atoms with van der Waals surface area (Å²) in [5, 5.41) is 11.9. The molecule has 0 radical (unpaired) electrons. The van der Waals surface area contributed by atoms with Crippen molar-refractivity contribution in [3.63, 3.8) is 0 Å². The molecule has 1 heterocycles. The fraction of sp³-hybridized carbons (Fsp3) is 0.300. The van der Waals surface area contributed by atoms with Crippen LogP contribution in [0.15, 0.2) is 41.3 Å². The van der Waals surface area contributed by atoms with Gasteiger partial charge in [0.2, 0.25) is 0 Å². The lowest BCUT2D eigenvalue weighted by Crippen LogP contribution is -2.30. The molecule has 1 aliphatic heterocycles. The second kappa shape index (κ2) is 7.83. The van der Waals surface area contributed by atoms with E-state index in [2.05, 4.69) is 17.4 Å². The molecule has 6 heteroatoms. The number of thioether (sulfide) groups is 1. The summed E-state index contributed by atoms with van der Waals surface area (Å²) in [6, 6.07) is 11.6. The van der Waals surface area contributed by atoms with Gasteiger partial charge >= 0.3 is 5.97 Å². The van der Waals surface area contributed by atoms with Crippen molar-refractivity contribution in [3.05, 3.63) is 58.7 Å². The van der Waals surface area contributed by atoms with Gasteiger partial charge in [0.15, 0.2) is 6.61 Å². The van der Waals surface area contributed by atoms with E-state index in [0.717, 1.165) is 28.9 Å². The monoisotopic (exact) mass is 371 g/mol. The summed E-state index contributed by atoms with van der Waals surface area (Å²) >= 11 is 1.81. The first kappa shape index (κ1) is 18.3. The number of aliphatic carboxylic acids is 1. The van der Waals surface area contributed by atoms with Crippen LogP contribution >= 0.6 is 11.8 Å². The normalized spacial score (nSPS) is 15.8. The van der Waals surface area contributed by atoms with Crippen LogP contribution in [0.3, 0.4) is 0 Å². The van der Waals surface area contributed by atoms with Crippen molar-refractivity contribution in [2.75, 3.05) is 12.4 Å². The van der Waals surface area contributed by atoms with Crippen LogP contribution in [0.1, 0.15) is 39.5 Å². The molecule has 1 atom stereocenters. The van der Waals surface area contributed by atoms with Gasteiger partial charge in [-0.3, -0.25) is 4.79 Å². The van der Waals surface area contributed by atoms with E-state index in [9.17, 15) is 9.59 Å². The van der Waals surface area contributed by atoms with E-state index in [4.69, 9.17) is 9.84 Å². The Bertz CT molecular complexity index is 826. The van der Waals surface area contributed by atoms with Crippen molar-refractivity contribution in [1.29, 1.82) is 0 Å². The summed E-state index contributed by atoms with van der Waals surface area (Å²) in [4.78, 5) is 24.7. The Kier molecular flexibility index (Phi) is 5.52. The highest BCUT2D eigenvalue weighted by Crippen LogP contribution is 2.36. The first-order valence-electron chi connectivity index (χ1n) is 8.44. The van der Waals surface area contributed by atoms with Crippen LogP contribution in [0.2, 0.25) is 0 Å². The van der Waals surface area contributed by atoms with Gasteiger partial charge in [-0.1, -0.05) is 18.2 Å². The molecule has 2 N–H and O–H groups in total. The zero-order valence-electron chi connectivity index (χ0n) is 14.7. The maximum absolute atomic E-state index is 12.8. The zero-order valence-corrected chi connectivity index (χ0v) is 15.6. The van der Waals surface area contributed by atoms with Crippen LogP contribution in [0.4, 0.5) is 0 Å². The molecule has 0 saturated carbocycles. The van der Waals surface area contributed by atoms with Crippen molar-refractivity contribution in [2.24, 2.45) is 0 Å². The van der Waals surface area contributed by atoms with Gasteiger partial charge in [0.05, 0.1) is 6.04 Å². The van der Waals surface area contributed by atoms with E-state index in [0.29, 0.717) is 11.3 Å². The molecule has 2 aromatic rings. The summed E-state index contributed by atoms with van der Waals surface area (Å²) in [5.41, 5.74) is 3.21. The average Bonchev–Trinajstić information content (AvgIpc) is 2.61. The smallest absolute Gasteiger partial charge is 0.341 e. The van der Waals surface area contributed by atoms with Gasteiger partial charge in [-0.05, 0) is 55.2 Å². The number of hydrogen-bond donors (Lipinski definition) is 2. The lowest BCUT2D eigenvalue weighted by Gasteiger charge is -2.26. The largest absolute Gasteiger partial charge is 0.481 e. The lowest BCUT2D eigenvalue weighted by atomic mass is 10.0. The zero-order chi connectivity index (χ0) is 18.7. The Morgan fingerprint density at radius 1 is 1.23 bits per heavy atom. The van der Waals surface area contributed by atoms with Crippen LogP contribution < -0.4 is 10.1 Å². The van der Waals surface area contributed by atoms with Gasteiger partial charge in [0, 0.05) is 16.2 Å². The molecule has 3 rings (SSSR count). The summed E-state index contributed by atoms with van der Waals surface area (Å²) in [5.74, 6) is 0.331. The molecule has 1 aliphatic rings. The number of hydrogen-bond acceptors (Lipinski definition) is 4. The van der Waals surface area contributed by atoms with E-state index in [1.165, 1.54) is 4.90 Å². The number of nitrogens with one attached hydrogen (secondary N) is 1. The first-order valence-corrected chi connectivity index (χ1v) is 9.42. The van der Waals surface area contributed by atoms with E-state index < -0.39 is 12.6 Å². The quantitative estimate of drug-likeness (QED) is 0.837. The Balaban J connectivity index is 1.78. The molecule has 26 heavy (non-hydrogen) atoms. The van der Waals surface area contributed by atoms with Crippen LogP contribution in [0, 0.1) is 13.8 Å². The Hall–Kier alpha value is -2.47. The molecule has 5 nitrogen and oxygen atoms in total. The Morgan fingerprint density at radius 3 is 2.62 bits per heavy atom. The SMILES string of the molecule is Cc1cc(C(=O)NC2CCSc3ccccc32)cc(C)c1OCC(=O)O. The number of carboxylic acids is 1. The van der Waals surface area contributed by atoms with E-state index in [-0.39, 0.29) is 11.9 Å². The Labute approximate surface area is 156 Å². The third kappa shape index (κ3) is 4.02. The number of ether oxygens (including phenoxy) is 1. The Morgan fingerprint density at radius 2 is 1.92 bits per heavy atom. The van der Waals surface area contributed by atoms with Crippen LogP contribution in [-0.2, 0) is 4.79 Å². The number of rotatable bonds is 5. The highest BCUT2D eigenvalue weighted by atomic mass is 32.2. The highest BCUT2D eigenvalue weighted by molar-refractivity contribution is 7.99.